The molecular formula is C11H20O5Si. The summed E-state index contributed by atoms with van der Waals surface area (Å²) in [6, 6.07) is 0. The van der Waals surface area contributed by atoms with E-state index >= 15 is 0 Å². The van der Waals surface area contributed by atoms with Gasteiger partial charge in [-0.3, -0.25) is 0 Å². The van der Waals surface area contributed by atoms with Crippen LogP contribution in [0.5, 0.6) is 0 Å². The molecule has 3 aliphatic heterocycles. The Balaban J connectivity index is 1.45. The first-order chi connectivity index (χ1) is 8.42. The molecule has 3 fully saturated rings. The third-order valence-corrected chi connectivity index (χ3v) is 5.39. The van der Waals surface area contributed by atoms with Crippen molar-refractivity contribution in [2.45, 2.75) is 37.2 Å². The molecule has 0 aliphatic carbocycles. The fourth-order valence-corrected chi connectivity index (χ4v) is 4.11. The summed E-state index contributed by atoms with van der Waals surface area (Å²) in [7, 11) is -1.73. The fraction of sp³-hybridized carbons (Fsp3) is 1.00. The average Bonchev–Trinajstić information content (AvgIpc) is 3.25. The smallest absolute Gasteiger partial charge is 0.351 e. The van der Waals surface area contributed by atoms with Crippen molar-refractivity contribution in [2.24, 2.45) is 0 Å². The van der Waals surface area contributed by atoms with Gasteiger partial charge in [0, 0.05) is 6.61 Å². The second-order valence-electron chi connectivity index (χ2n) is 4.85. The van der Waals surface area contributed by atoms with Crippen LogP contribution in [-0.4, -0.2) is 60.3 Å². The van der Waals surface area contributed by atoms with Crippen LogP contribution in [0.25, 0.3) is 0 Å². The van der Waals surface area contributed by atoms with Crippen molar-refractivity contribution in [1.82, 2.24) is 0 Å². The number of rotatable bonds is 7. The van der Waals surface area contributed by atoms with Crippen LogP contribution in [0.3, 0.4) is 0 Å². The summed E-state index contributed by atoms with van der Waals surface area (Å²) in [4.78, 5) is 0. The van der Waals surface area contributed by atoms with Gasteiger partial charge in [0.2, 0.25) is 0 Å². The van der Waals surface area contributed by atoms with Gasteiger partial charge in [-0.2, -0.15) is 0 Å². The summed E-state index contributed by atoms with van der Waals surface area (Å²) >= 11 is 0. The highest BCUT2D eigenvalue weighted by Crippen LogP contribution is 2.19. The first kappa shape index (κ1) is 12.1. The van der Waals surface area contributed by atoms with Gasteiger partial charge in [0.15, 0.2) is 0 Å². The highest BCUT2D eigenvalue weighted by Gasteiger charge is 2.34. The maximum atomic E-state index is 5.89. The van der Waals surface area contributed by atoms with Crippen LogP contribution >= 0.6 is 0 Å². The van der Waals surface area contributed by atoms with Gasteiger partial charge >= 0.3 is 9.28 Å². The van der Waals surface area contributed by atoms with Crippen molar-refractivity contribution < 1.29 is 23.1 Å². The maximum Gasteiger partial charge on any atom is 0.351 e. The summed E-state index contributed by atoms with van der Waals surface area (Å²) in [6.07, 6.45) is 4.06. The lowest BCUT2D eigenvalue weighted by molar-refractivity contribution is 0.0254. The van der Waals surface area contributed by atoms with Crippen LogP contribution < -0.4 is 0 Å². The molecule has 0 amide bonds. The van der Waals surface area contributed by atoms with E-state index in [0.29, 0.717) is 25.4 Å². The Kier molecular flexibility index (Phi) is 4.10. The molecular weight excluding hydrogens is 240 g/mol. The Bertz CT molecular complexity index is 222. The molecule has 0 bridgehead atoms. The molecule has 0 spiro atoms. The van der Waals surface area contributed by atoms with E-state index < -0.39 is 9.28 Å². The van der Waals surface area contributed by atoms with Crippen molar-refractivity contribution in [3.05, 3.63) is 0 Å². The van der Waals surface area contributed by atoms with E-state index in [0.717, 1.165) is 32.7 Å². The molecule has 3 heterocycles. The zero-order valence-electron chi connectivity index (χ0n) is 10.0. The molecule has 5 nitrogen and oxygen atoms in total. The van der Waals surface area contributed by atoms with Crippen molar-refractivity contribution in [1.29, 1.82) is 0 Å². The molecule has 0 aromatic carbocycles. The highest BCUT2D eigenvalue weighted by atomic mass is 28.3. The lowest BCUT2D eigenvalue weighted by Crippen LogP contribution is -2.42. The monoisotopic (exact) mass is 260 g/mol. The van der Waals surface area contributed by atoms with Crippen LogP contribution in [0.2, 0.25) is 0 Å². The van der Waals surface area contributed by atoms with Gasteiger partial charge in [-0.15, -0.1) is 0 Å². The lowest BCUT2D eigenvalue weighted by atomic mass is 10.2. The van der Waals surface area contributed by atoms with E-state index in [1.54, 1.807) is 0 Å². The molecule has 3 aliphatic rings. The first-order valence-corrected chi connectivity index (χ1v) is 8.11. The second kappa shape index (κ2) is 5.77. The van der Waals surface area contributed by atoms with Crippen LogP contribution in [0.15, 0.2) is 0 Å². The molecule has 98 valence electrons. The van der Waals surface area contributed by atoms with Gasteiger partial charge in [0.1, 0.15) is 12.2 Å². The molecule has 0 aromatic rings. The normalized spacial score (nSPS) is 37.8. The molecule has 17 heavy (non-hydrogen) atoms. The van der Waals surface area contributed by atoms with Crippen LogP contribution in [0.4, 0.5) is 0 Å². The zero-order valence-corrected chi connectivity index (χ0v) is 11.2. The molecule has 3 unspecified atom stereocenters. The van der Waals surface area contributed by atoms with Crippen LogP contribution in [0, 0.1) is 0 Å². The highest BCUT2D eigenvalue weighted by molar-refractivity contribution is 6.46. The fourth-order valence-electron chi connectivity index (χ4n) is 1.98. The number of epoxide rings is 2. The standard InChI is InChI=1S/C11H20O5Si/c1-2-4-12-11(3-1)17(15-7-9-5-13-9)16-8-10-6-14-10/h9-11,17H,1-8H2. The summed E-state index contributed by atoms with van der Waals surface area (Å²) in [5.41, 5.74) is 0.209. The SMILES string of the molecule is C1CCC([SiH](OCC2CO2)OCC2CO2)OC1. The minimum atomic E-state index is -1.73. The van der Waals surface area contributed by atoms with E-state index in [2.05, 4.69) is 0 Å². The van der Waals surface area contributed by atoms with E-state index in [9.17, 15) is 0 Å². The Morgan fingerprint density at radius 2 is 1.59 bits per heavy atom. The summed E-state index contributed by atoms with van der Waals surface area (Å²) in [6.45, 7) is 3.85. The summed E-state index contributed by atoms with van der Waals surface area (Å²) < 4.78 is 27.9. The topological polar surface area (TPSA) is 52.8 Å². The molecule has 0 N–H and O–H groups in total. The largest absolute Gasteiger partial charge is 0.392 e. The number of ether oxygens (including phenoxy) is 3. The van der Waals surface area contributed by atoms with E-state index in [1.807, 2.05) is 0 Å². The van der Waals surface area contributed by atoms with Crippen molar-refractivity contribution in [3.63, 3.8) is 0 Å². The Labute approximate surface area is 103 Å². The predicted octanol–water partition coefficient (Wildman–Crippen LogP) is 0.146. The van der Waals surface area contributed by atoms with Gasteiger partial charge in [-0.05, 0) is 19.3 Å². The Hall–Kier alpha value is 0.0169. The van der Waals surface area contributed by atoms with Gasteiger partial charge in [-0.1, -0.05) is 0 Å². The maximum absolute atomic E-state index is 5.89. The van der Waals surface area contributed by atoms with E-state index in [4.69, 9.17) is 23.1 Å². The minimum absolute atomic E-state index is 0.209. The quantitative estimate of drug-likeness (QED) is 0.482. The van der Waals surface area contributed by atoms with Gasteiger partial charge in [0.25, 0.3) is 0 Å². The summed E-state index contributed by atoms with van der Waals surface area (Å²) in [5, 5.41) is 0. The third-order valence-electron chi connectivity index (χ3n) is 3.22. The third kappa shape index (κ3) is 4.01. The molecule has 6 heteroatoms. The van der Waals surface area contributed by atoms with Crippen molar-refractivity contribution >= 4 is 9.28 Å². The number of hydrogen-bond donors (Lipinski definition) is 0. The van der Waals surface area contributed by atoms with Crippen molar-refractivity contribution in [3.8, 4) is 0 Å². The number of hydrogen-bond acceptors (Lipinski definition) is 5. The first-order valence-electron chi connectivity index (χ1n) is 6.50. The zero-order chi connectivity index (χ0) is 11.5. The average molecular weight is 260 g/mol. The lowest BCUT2D eigenvalue weighted by Gasteiger charge is -2.28. The van der Waals surface area contributed by atoms with Gasteiger partial charge < -0.3 is 23.1 Å². The molecule has 0 saturated carbocycles. The van der Waals surface area contributed by atoms with Crippen LogP contribution in [-0.2, 0) is 23.1 Å². The Morgan fingerprint density at radius 1 is 0.941 bits per heavy atom. The molecule has 3 atom stereocenters. The van der Waals surface area contributed by atoms with Gasteiger partial charge in [0.05, 0.1) is 32.2 Å². The minimum Gasteiger partial charge on any atom is -0.392 e. The van der Waals surface area contributed by atoms with Crippen molar-refractivity contribution in [2.75, 3.05) is 33.0 Å². The van der Waals surface area contributed by atoms with E-state index in [1.165, 1.54) is 6.42 Å². The molecule has 0 radical (unpaired) electrons. The second-order valence-corrected chi connectivity index (χ2v) is 7.00. The van der Waals surface area contributed by atoms with E-state index in [-0.39, 0.29) is 5.73 Å². The predicted molar refractivity (Wildman–Crippen MR) is 62.1 cm³/mol. The van der Waals surface area contributed by atoms with Crippen LogP contribution in [0.1, 0.15) is 19.3 Å². The molecule has 0 aromatic heterocycles. The Morgan fingerprint density at radius 3 is 2.06 bits per heavy atom. The van der Waals surface area contributed by atoms with Gasteiger partial charge in [-0.25, -0.2) is 0 Å². The summed E-state index contributed by atoms with van der Waals surface area (Å²) in [5.74, 6) is 0. The molecule has 3 saturated heterocycles. The molecule has 3 rings (SSSR count).